The highest BCUT2D eigenvalue weighted by molar-refractivity contribution is 7.80. The standard InChI is InChI=1S/C13H15FN6O3S/c1-3-23-7(2)20-5-8(4-17-20)10-9(14)11(16-6-15-10)18-12(24)19-13(21)22/h4-7H,3H2,1-2H3,(H,21,22)(H2,15,16,18,19,24). The molecule has 11 heteroatoms. The second-order valence-electron chi connectivity index (χ2n) is 4.53. The Morgan fingerprint density at radius 1 is 1.54 bits per heavy atom. The number of anilines is 1. The van der Waals surface area contributed by atoms with Crippen LogP contribution >= 0.6 is 12.2 Å². The monoisotopic (exact) mass is 354 g/mol. The van der Waals surface area contributed by atoms with Gasteiger partial charge >= 0.3 is 6.09 Å². The molecule has 0 aliphatic heterocycles. The van der Waals surface area contributed by atoms with Gasteiger partial charge in [-0.15, -0.1) is 0 Å². The van der Waals surface area contributed by atoms with E-state index in [0.717, 1.165) is 6.33 Å². The number of thiocarbonyl (C=S) groups is 1. The molecule has 0 saturated heterocycles. The maximum absolute atomic E-state index is 14.5. The van der Waals surface area contributed by atoms with Gasteiger partial charge in [-0.2, -0.15) is 5.10 Å². The first-order valence-electron chi connectivity index (χ1n) is 6.90. The maximum atomic E-state index is 14.5. The predicted octanol–water partition coefficient (Wildman–Crippen LogP) is 2.00. The predicted molar refractivity (Wildman–Crippen MR) is 86.9 cm³/mol. The van der Waals surface area contributed by atoms with Gasteiger partial charge in [0, 0.05) is 18.4 Å². The molecule has 2 aromatic rings. The molecule has 1 amide bonds. The molecule has 0 aliphatic carbocycles. The Balaban J connectivity index is 2.24. The Bertz CT molecular complexity index is 753. The van der Waals surface area contributed by atoms with E-state index in [4.69, 9.17) is 22.1 Å². The van der Waals surface area contributed by atoms with Gasteiger partial charge in [0.15, 0.2) is 16.7 Å². The highest BCUT2D eigenvalue weighted by Gasteiger charge is 2.17. The quantitative estimate of drug-likeness (QED) is 0.699. The molecule has 0 aromatic carbocycles. The third-order valence-corrected chi connectivity index (χ3v) is 3.10. The van der Waals surface area contributed by atoms with E-state index in [1.54, 1.807) is 13.1 Å². The zero-order valence-corrected chi connectivity index (χ0v) is 13.7. The van der Waals surface area contributed by atoms with Crippen molar-refractivity contribution < 1.29 is 19.0 Å². The van der Waals surface area contributed by atoms with E-state index in [1.807, 2.05) is 12.2 Å². The topological polar surface area (TPSA) is 114 Å². The van der Waals surface area contributed by atoms with Gasteiger partial charge in [-0.3, -0.25) is 5.32 Å². The van der Waals surface area contributed by atoms with Crippen molar-refractivity contribution in [2.24, 2.45) is 0 Å². The molecule has 0 saturated carbocycles. The second kappa shape index (κ2) is 7.75. The minimum Gasteiger partial charge on any atom is -0.465 e. The van der Waals surface area contributed by atoms with E-state index in [9.17, 15) is 9.18 Å². The Morgan fingerprint density at radius 3 is 2.96 bits per heavy atom. The van der Waals surface area contributed by atoms with E-state index in [1.165, 1.54) is 10.9 Å². The third kappa shape index (κ3) is 4.20. The van der Waals surface area contributed by atoms with Gasteiger partial charge in [0.25, 0.3) is 0 Å². The van der Waals surface area contributed by atoms with Crippen LogP contribution in [0.5, 0.6) is 0 Å². The first kappa shape index (κ1) is 17.7. The van der Waals surface area contributed by atoms with Crippen LogP contribution in [0, 0.1) is 5.82 Å². The molecule has 2 heterocycles. The minimum atomic E-state index is -1.37. The van der Waals surface area contributed by atoms with Crippen LogP contribution in [0.2, 0.25) is 0 Å². The van der Waals surface area contributed by atoms with Crippen molar-refractivity contribution in [1.29, 1.82) is 0 Å². The van der Waals surface area contributed by atoms with Crippen LogP contribution in [0.15, 0.2) is 18.7 Å². The van der Waals surface area contributed by atoms with Gasteiger partial charge in [0.1, 0.15) is 18.2 Å². The number of hydrogen-bond acceptors (Lipinski definition) is 6. The number of halogens is 1. The summed E-state index contributed by atoms with van der Waals surface area (Å²) in [4.78, 5) is 18.1. The highest BCUT2D eigenvalue weighted by Crippen LogP contribution is 2.24. The summed E-state index contributed by atoms with van der Waals surface area (Å²) in [5.74, 6) is -1.03. The summed E-state index contributed by atoms with van der Waals surface area (Å²) in [6.45, 7) is 4.18. The van der Waals surface area contributed by atoms with Crippen LogP contribution in [0.25, 0.3) is 11.3 Å². The van der Waals surface area contributed by atoms with Crippen molar-refractivity contribution in [3.63, 3.8) is 0 Å². The molecule has 1 atom stereocenters. The number of ether oxygens (including phenoxy) is 1. The first-order chi connectivity index (χ1) is 11.4. The summed E-state index contributed by atoms with van der Waals surface area (Å²) < 4.78 is 21.5. The number of amides is 1. The van der Waals surface area contributed by atoms with Crippen LogP contribution in [0.3, 0.4) is 0 Å². The number of rotatable bonds is 5. The van der Waals surface area contributed by atoms with Crippen LogP contribution < -0.4 is 10.6 Å². The number of nitrogens with one attached hydrogen (secondary N) is 2. The normalized spacial score (nSPS) is 11.8. The zero-order valence-electron chi connectivity index (χ0n) is 12.9. The van der Waals surface area contributed by atoms with Crippen molar-refractivity contribution in [2.75, 3.05) is 11.9 Å². The summed E-state index contributed by atoms with van der Waals surface area (Å²) in [7, 11) is 0. The molecular formula is C13H15FN6O3S. The van der Waals surface area contributed by atoms with Crippen LogP contribution in [-0.2, 0) is 4.74 Å². The van der Waals surface area contributed by atoms with Crippen LogP contribution in [0.1, 0.15) is 20.1 Å². The van der Waals surface area contributed by atoms with Crippen LogP contribution in [-0.4, -0.2) is 42.7 Å². The van der Waals surface area contributed by atoms with Gasteiger partial charge in [-0.1, -0.05) is 0 Å². The average molecular weight is 354 g/mol. The van der Waals surface area contributed by atoms with Gasteiger partial charge in [0.2, 0.25) is 0 Å². The van der Waals surface area contributed by atoms with E-state index < -0.39 is 11.9 Å². The van der Waals surface area contributed by atoms with Gasteiger partial charge in [-0.25, -0.2) is 23.8 Å². The summed E-state index contributed by atoms with van der Waals surface area (Å²) in [6, 6.07) is 0. The Hall–Kier alpha value is -2.66. The minimum absolute atomic E-state index is 0.000531. The summed E-state index contributed by atoms with van der Waals surface area (Å²) in [5, 5.41) is 16.6. The van der Waals surface area contributed by atoms with E-state index in [-0.39, 0.29) is 22.9 Å². The Labute approximate surface area is 141 Å². The molecule has 0 radical (unpaired) electrons. The summed E-state index contributed by atoms with van der Waals surface area (Å²) >= 11 is 4.74. The zero-order chi connectivity index (χ0) is 17.7. The third-order valence-electron chi connectivity index (χ3n) is 2.90. The fraction of sp³-hybridized carbons (Fsp3) is 0.308. The van der Waals surface area contributed by atoms with Crippen molar-refractivity contribution in [3.8, 4) is 11.3 Å². The SMILES string of the molecule is CCOC(C)n1cc(-c2ncnc(NC(=S)NC(=O)O)c2F)cn1. The lowest BCUT2D eigenvalue weighted by atomic mass is 10.2. The van der Waals surface area contributed by atoms with E-state index in [2.05, 4.69) is 20.4 Å². The van der Waals surface area contributed by atoms with Crippen molar-refractivity contribution in [1.82, 2.24) is 25.1 Å². The van der Waals surface area contributed by atoms with E-state index >= 15 is 0 Å². The molecular weight excluding hydrogens is 339 g/mol. The van der Waals surface area contributed by atoms with E-state index in [0.29, 0.717) is 12.2 Å². The number of carboxylic acid groups (broad SMARTS) is 1. The first-order valence-corrected chi connectivity index (χ1v) is 7.30. The van der Waals surface area contributed by atoms with Gasteiger partial charge in [-0.05, 0) is 26.1 Å². The fourth-order valence-electron chi connectivity index (χ4n) is 1.87. The molecule has 9 nitrogen and oxygen atoms in total. The second-order valence-corrected chi connectivity index (χ2v) is 4.94. The molecule has 2 rings (SSSR count). The van der Waals surface area contributed by atoms with Crippen molar-refractivity contribution in [3.05, 3.63) is 24.5 Å². The number of carbonyl (C=O) groups is 1. The summed E-state index contributed by atoms with van der Waals surface area (Å²) in [6.07, 6.45) is 2.49. The molecule has 1 unspecified atom stereocenters. The smallest absolute Gasteiger partial charge is 0.410 e. The molecule has 0 aliphatic rings. The van der Waals surface area contributed by atoms with Crippen LogP contribution in [0.4, 0.5) is 15.0 Å². The van der Waals surface area contributed by atoms with Gasteiger partial charge < -0.3 is 15.2 Å². The summed E-state index contributed by atoms with van der Waals surface area (Å²) in [5.41, 5.74) is 0.419. The Morgan fingerprint density at radius 2 is 2.29 bits per heavy atom. The molecule has 128 valence electrons. The highest BCUT2D eigenvalue weighted by atomic mass is 32.1. The molecule has 0 bridgehead atoms. The lowest BCUT2D eigenvalue weighted by Crippen LogP contribution is -2.33. The molecule has 0 fully saturated rings. The number of nitrogens with zero attached hydrogens (tertiary/aromatic N) is 4. The largest absolute Gasteiger partial charge is 0.465 e. The molecule has 2 aromatic heterocycles. The van der Waals surface area contributed by atoms with Gasteiger partial charge in [0.05, 0.1) is 6.20 Å². The molecule has 0 spiro atoms. The Kier molecular flexibility index (Phi) is 5.71. The number of hydrogen-bond donors (Lipinski definition) is 3. The maximum Gasteiger partial charge on any atom is 0.410 e. The average Bonchev–Trinajstić information content (AvgIpc) is 2.98. The molecule has 3 N–H and O–H groups in total. The van der Waals surface area contributed by atoms with Crippen molar-refractivity contribution >= 4 is 29.2 Å². The lowest BCUT2D eigenvalue weighted by Gasteiger charge is -2.11. The number of aromatic nitrogens is 4. The van der Waals surface area contributed by atoms with Crippen molar-refractivity contribution in [2.45, 2.75) is 20.1 Å². The molecule has 24 heavy (non-hydrogen) atoms. The fourth-order valence-corrected chi connectivity index (χ4v) is 2.05. The lowest BCUT2D eigenvalue weighted by molar-refractivity contribution is 0.0160.